The summed E-state index contributed by atoms with van der Waals surface area (Å²) in [5.74, 6) is 2.57. The Morgan fingerprint density at radius 2 is 1.94 bits per heavy atom. The van der Waals surface area contributed by atoms with Crippen molar-refractivity contribution in [3.63, 3.8) is 0 Å². The van der Waals surface area contributed by atoms with Crippen LogP contribution in [0.1, 0.15) is 79.1 Å². The average Bonchev–Trinajstić information content (AvgIpc) is 3.00. The fraction of sp³-hybridized carbons (Fsp3) is 0.852. The number of Topliss-reactive ketones (excluding diaryl/α,β-unsaturated/α-hetero) is 1. The van der Waals surface area contributed by atoms with Crippen LogP contribution in [-0.4, -0.2) is 40.5 Å². The lowest BCUT2D eigenvalue weighted by molar-refractivity contribution is -0.121. The number of ketones is 1. The molecule has 0 amide bonds. The molecule has 4 aliphatic carbocycles. The molecule has 4 nitrogen and oxygen atoms in total. The molecule has 10 unspecified atom stereocenters. The van der Waals surface area contributed by atoms with Crippen molar-refractivity contribution >= 4 is 11.5 Å². The number of fused-ring (bicyclic) bond motifs is 5. The molecule has 1 heterocycles. The first kappa shape index (κ1) is 21.8. The van der Waals surface area contributed by atoms with Crippen LogP contribution in [0.3, 0.4) is 0 Å². The van der Waals surface area contributed by atoms with Gasteiger partial charge in [0.25, 0.3) is 0 Å². The van der Waals surface area contributed by atoms with Crippen molar-refractivity contribution < 1.29 is 15.0 Å². The highest BCUT2D eigenvalue weighted by Gasteiger charge is 2.62. The van der Waals surface area contributed by atoms with Gasteiger partial charge < -0.3 is 10.2 Å². The van der Waals surface area contributed by atoms with E-state index in [1.807, 2.05) is 6.92 Å². The van der Waals surface area contributed by atoms with Gasteiger partial charge in [0.05, 0.1) is 12.2 Å². The first-order valence-electron chi connectivity index (χ1n) is 12.8. The van der Waals surface area contributed by atoms with Crippen molar-refractivity contribution in [2.75, 3.05) is 6.54 Å². The van der Waals surface area contributed by atoms with Gasteiger partial charge in [-0.3, -0.25) is 9.79 Å². The van der Waals surface area contributed by atoms with Crippen molar-refractivity contribution in [2.24, 2.45) is 51.3 Å². The van der Waals surface area contributed by atoms with Crippen LogP contribution in [-0.2, 0) is 4.79 Å². The van der Waals surface area contributed by atoms with E-state index in [0.717, 1.165) is 44.2 Å². The van der Waals surface area contributed by atoms with Gasteiger partial charge in [-0.2, -0.15) is 0 Å². The van der Waals surface area contributed by atoms with Crippen molar-refractivity contribution in [2.45, 2.75) is 91.3 Å². The second-order valence-corrected chi connectivity index (χ2v) is 12.2. The lowest BCUT2D eigenvalue weighted by atomic mass is 9.47. The molecule has 0 aromatic carbocycles. The Labute approximate surface area is 187 Å². The number of carbonyl (C=O) groups excluding carboxylic acids is 1. The monoisotopic (exact) mass is 427 g/mol. The maximum absolute atomic E-state index is 12.4. The molecular weight excluding hydrogens is 386 g/mol. The number of aliphatic hydroxyl groups excluding tert-OH is 2. The maximum Gasteiger partial charge on any atom is 0.143 e. The number of carbonyl (C=O) groups is 1. The van der Waals surface area contributed by atoms with Crippen LogP contribution in [0.15, 0.2) is 16.6 Å². The summed E-state index contributed by atoms with van der Waals surface area (Å²) in [5.41, 5.74) is 2.89. The Bertz CT molecular complexity index is 817. The zero-order chi connectivity index (χ0) is 22.1. The molecule has 31 heavy (non-hydrogen) atoms. The summed E-state index contributed by atoms with van der Waals surface area (Å²) in [6.45, 7) is 9.71. The third kappa shape index (κ3) is 3.22. The molecule has 1 aliphatic heterocycles. The highest BCUT2D eigenvalue weighted by molar-refractivity contribution is 6.05. The highest BCUT2D eigenvalue weighted by Crippen LogP contribution is 2.67. The van der Waals surface area contributed by atoms with E-state index in [4.69, 9.17) is 4.99 Å². The Morgan fingerprint density at radius 1 is 1.16 bits per heavy atom. The summed E-state index contributed by atoms with van der Waals surface area (Å²) in [5, 5.41) is 21.6. The maximum atomic E-state index is 12.4. The summed E-state index contributed by atoms with van der Waals surface area (Å²) >= 11 is 0. The Morgan fingerprint density at radius 3 is 2.68 bits per heavy atom. The van der Waals surface area contributed by atoms with Crippen LogP contribution in [0.5, 0.6) is 0 Å². The van der Waals surface area contributed by atoms with E-state index in [1.165, 1.54) is 12.0 Å². The number of allylic oxidation sites excluding steroid dienone is 1. The van der Waals surface area contributed by atoms with Gasteiger partial charge in [0.15, 0.2) is 0 Å². The van der Waals surface area contributed by atoms with Gasteiger partial charge in [-0.25, -0.2) is 0 Å². The number of hydrogen-bond acceptors (Lipinski definition) is 4. The SMILES string of the molecule is CC1CN=C(C(C)C2C(O)CC3C4CC=C5CC(O)CCC5(C)C4CCC32C)CC1=O. The van der Waals surface area contributed by atoms with Crippen molar-refractivity contribution in [3.8, 4) is 0 Å². The second kappa shape index (κ2) is 7.52. The summed E-state index contributed by atoms with van der Waals surface area (Å²) in [6, 6.07) is 0. The van der Waals surface area contributed by atoms with Gasteiger partial charge in [0, 0.05) is 30.5 Å². The third-order valence-corrected chi connectivity index (χ3v) is 10.7. The van der Waals surface area contributed by atoms with Gasteiger partial charge in [-0.1, -0.05) is 39.3 Å². The second-order valence-electron chi connectivity index (χ2n) is 12.2. The summed E-state index contributed by atoms with van der Waals surface area (Å²) in [7, 11) is 0. The highest BCUT2D eigenvalue weighted by atomic mass is 16.3. The van der Waals surface area contributed by atoms with Gasteiger partial charge in [0.2, 0.25) is 0 Å². The lowest BCUT2D eigenvalue weighted by Crippen LogP contribution is -2.51. The number of hydrogen-bond donors (Lipinski definition) is 2. The largest absolute Gasteiger partial charge is 0.393 e. The van der Waals surface area contributed by atoms with E-state index in [9.17, 15) is 15.0 Å². The minimum atomic E-state index is -0.299. The van der Waals surface area contributed by atoms with Gasteiger partial charge in [-0.15, -0.1) is 0 Å². The molecule has 5 aliphatic rings. The van der Waals surface area contributed by atoms with Crippen molar-refractivity contribution in [1.29, 1.82) is 0 Å². The quantitative estimate of drug-likeness (QED) is 0.634. The van der Waals surface area contributed by atoms with Crippen molar-refractivity contribution in [1.82, 2.24) is 0 Å². The molecule has 3 saturated carbocycles. The average molecular weight is 428 g/mol. The van der Waals surface area contributed by atoms with E-state index < -0.39 is 0 Å². The Kier molecular flexibility index (Phi) is 5.29. The molecule has 5 rings (SSSR count). The van der Waals surface area contributed by atoms with Gasteiger partial charge >= 0.3 is 0 Å². The number of rotatable bonds is 2. The van der Waals surface area contributed by atoms with E-state index >= 15 is 0 Å². The van der Waals surface area contributed by atoms with Gasteiger partial charge in [-0.05, 0) is 79.4 Å². The molecular formula is C27H41NO3. The van der Waals surface area contributed by atoms with E-state index in [-0.39, 0.29) is 40.8 Å². The Balaban J connectivity index is 1.42. The lowest BCUT2D eigenvalue weighted by Gasteiger charge is -2.58. The zero-order valence-electron chi connectivity index (χ0n) is 19.8. The topological polar surface area (TPSA) is 69.9 Å². The molecule has 0 radical (unpaired) electrons. The number of nitrogens with zero attached hydrogens (tertiary/aromatic N) is 1. The smallest absolute Gasteiger partial charge is 0.143 e. The number of aliphatic imine (C=N–C) groups is 1. The Hall–Kier alpha value is -1.00. The van der Waals surface area contributed by atoms with Crippen LogP contribution in [0.2, 0.25) is 0 Å². The first-order valence-corrected chi connectivity index (χ1v) is 12.8. The first-order chi connectivity index (χ1) is 14.6. The van der Waals surface area contributed by atoms with E-state index in [2.05, 4.69) is 26.8 Å². The van der Waals surface area contributed by atoms with Crippen LogP contribution in [0.4, 0.5) is 0 Å². The zero-order valence-corrected chi connectivity index (χ0v) is 19.8. The fourth-order valence-electron chi connectivity index (χ4n) is 8.87. The normalized spacial score (nSPS) is 50.6. The molecule has 2 N–H and O–H groups in total. The molecule has 0 aromatic rings. The van der Waals surface area contributed by atoms with Crippen LogP contribution in [0.25, 0.3) is 0 Å². The molecule has 0 spiro atoms. The molecule has 3 fully saturated rings. The molecule has 0 aromatic heterocycles. The van der Waals surface area contributed by atoms with Gasteiger partial charge in [0.1, 0.15) is 5.78 Å². The predicted molar refractivity (Wildman–Crippen MR) is 123 cm³/mol. The fourth-order valence-corrected chi connectivity index (χ4v) is 8.87. The standard InChI is InChI=1S/C27H41NO3/c1-15-14-28-22(13-23(15)30)16(2)25-24(31)12-21-19-6-5-17-11-18(29)7-9-26(17,3)20(19)8-10-27(21,25)4/h5,15-16,18-21,24-25,29,31H,6-14H2,1-4H3. The molecule has 10 atom stereocenters. The molecule has 4 heteroatoms. The molecule has 0 saturated heterocycles. The predicted octanol–water partition coefficient (Wildman–Crippen LogP) is 4.58. The molecule has 0 bridgehead atoms. The minimum Gasteiger partial charge on any atom is -0.393 e. The van der Waals surface area contributed by atoms with Crippen LogP contribution >= 0.6 is 0 Å². The van der Waals surface area contributed by atoms with Crippen LogP contribution in [0, 0.1) is 46.3 Å². The minimum absolute atomic E-state index is 0.0428. The summed E-state index contributed by atoms with van der Waals surface area (Å²) < 4.78 is 0. The molecule has 172 valence electrons. The van der Waals surface area contributed by atoms with E-state index in [0.29, 0.717) is 36.5 Å². The summed E-state index contributed by atoms with van der Waals surface area (Å²) in [6.07, 6.45) is 9.74. The summed E-state index contributed by atoms with van der Waals surface area (Å²) in [4.78, 5) is 17.2. The van der Waals surface area contributed by atoms with E-state index in [1.54, 1.807) is 0 Å². The van der Waals surface area contributed by atoms with Crippen LogP contribution < -0.4 is 0 Å². The number of aliphatic hydroxyl groups is 2. The third-order valence-electron chi connectivity index (χ3n) is 10.7. The van der Waals surface area contributed by atoms with Crippen molar-refractivity contribution in [3.05, 3.63) is 11.6 Å².